The fraction of sp³-hybridized carbons (Fsp3) is 0.600. The van der Waals surface area contributed by atoms with Gasteiger partial charge in [-0.05, 0) is 55.7 Å². The molecule has 0 bridgehead atoms. The summed E-state index contributed by atoms with van der Waals surface area (Å²) < 4.78 is 5.40. The van der Waals surface area contributed by atoms with Gasteiger partial charge in [-0.25, -0.2) is 0 Å². The number of carboxylic acids is 1. The predicted molar refractivity (Wildman–Crippen MR) is 94.4 cm³/mol. The fourth-order valence-corrected chi connectivity index (χ4v) is 4.14. The molecule has 0 aromatic heterocycles. The first kappa shape index (κ1) is 17.8. The Kier molecular flexibility index (Phi) is 5.61. The molecule has 0 spiro atoms. The summed E-state index contributed by atoms with van der Waals surface area (Å²) in [5.41, 5.74) is 0.935. The zero-order valence-electron chi connectivity index (χ0n) is 14.7. The van der Waals surface area contributed by atoms with Crippen molar-refractivity contribution >= 4 is 11.9 Å². The van der Waals surface area contributed by atoms with E-state index in [1.54, 1.807) is 0 Å². The average Bonchev–Trinajstić information content (AvgIpc) is 3.34. The van der Waals surface area contributed by atoms with Gasteiger partial charge in [-0.2, -0.15) is 0 Å². The molecule has 2 aliphatic rings. The van der Waals surface area contributed by atoms with E-state index in [9.17, 15) is 14.7 Å². The first-order chi connectivity index (χ1) is 12.1. The van der Waals surface area contributed by atoms with Crippen LogP contribution in [0.5, 0.6) is 5.75 Å². The van der Waals surface area contributed by atoms with Gasteiger partial charge in [-0.3, -0.25) is 9.59 Å². The molecule has 3 unspecified atom stereocenters. The molecule has 1 amide bonds. The van der Waals surface area contributed by atoms with Crippen LogP contribution in [0.1, 0.15) is 38.2 Å². The van der Waals surface area contributed by atoms with E-state index in [2.05, 4.69) is 5.32 Å². The van der Waals surface area contributed by atoms with Gasteiger partial charge in [-0.15, -0.1) is 0 Å². The minimum absolute atomic E-state index is 0.0508. The number of carbonyl (C=O) groups is 2. The number of fused-ring (bicyclic) bond motifs is 1. The number of carbonyl (C=O) groups excluding carboxylic acids is 1. The highest BCUT2D eigenvalue weighted by Crippen LogP contribution is 2.55. The Morgan fingerprint density at radius 2 is 1.84 bits per heavy atom. The van der Waals surface area contributed by atoms with Gasteiger partial charge in [0.15, 0.2) is 0 Å². The summed E-state index contributed by atoms with van der Waals surface area (Å²) >= 11 is 0. The summed E-state index contributed by atoms with van der Waals surface area (Å²) in [6, 6.07) is 7.48. The first-order valence-corrected chi connectivity index (χ1v) is 9.32. The van der Waals surface area contributed by atoms with Crippen LogP contribution in [-0.2, 0) is 16.0 Å². The maximum absolute atomic E-state index is 12.3. The Balaban J connectivity index is 1.51. The Labute approximate surface area is 148 Å². The number of benzene rings is 1. The molecule has 0 heterocycles. The third kappa shape index (κ3) is 4.33. The summed E-state index contributed by atoms with van der Waals surface area (Å²) in [6.07, 6.45) is 5.15. The van der Waals surface area contributed by atoms with Crippen LogP contribution in [0.3, 0.4) is 0 Å². The molecular weight excluding hydrogens is 318 g/mol. The van der Waals surface area contributed by atoms with Gasteiger partial charge >= 0.3 is 5.97 Å². The van der Waals surface area contributed by atoms with Crippen LogP contribution in [0.25, 0.3) is 0 Å². The normalized spacial score (nSPS) is 25.6. The largest absolute Gasteiger partial charge is 0.494 e. The van der Waals surface area contributed by atoms with E-state index in [1.165, 1.54) is 12.8 Å². The Hall–Kier alpha value is -2.04. The van der Waals surface area contributed by atoms with E-state index < -0.39 is 11.9 Å². The number of amides is 1. The number of hydrogen-bond donors (Lipinski definition) is 2. The molecule has 3 rings (SSSR count). The quantitative estimate of drug-likeness (QED) is 0.760. The molecule has 3 atom stereocenters. The molecule has 0 aliphatic heterocycles. The first-order valence-electron chi connectivity index (χ1n) is 9.32. The van der Waals surface area contributed by atoms with Crippen LogP contribution in [-0.4, -0.2) is 30.1 Å². The van der Waals surface area contributed by atoms with Gasteiger partial charge in [0.2, 0.25) is 5.91 Å². The number of ether oxygens (including phenoxy) is 1. The standard InChI is InChI=1S/C20H27NO4/c1-2-25-15-9-7-13(8-10-15)11-14(20(23)24)12-21-19(22)18-16-5-3-4-6-17(16)18/h7-10,14,16-18H,2-6,11-12H2,1H3,(H,21,22)(H,23,24). The van der Waals surface area contributed by atoms with E-state index in [-0.39, 0.29) is 18.4 Å². The van der Waals surface area contributed by atoms with Crippen molar-refractivity contribution in [2.75, 3.05) is 13.2 Å². The zero-order valence-corrected chi connectivity index (χ0v) is 14.7. The second-order valence-electron chi connectivity index (χ2n) is 7.20. The monoisotopic (exact) mass is 345 g/mol. The number of hydrogen-bond acceptors (Lipinski definition) is 3. The van der Waals surface area contributed by atoms with E-state index in [1.807, 2.05) is 31.2 Å². The Bertz CT molecular complexity index is 601. The van der Waals surface area contributed by atoms with Crippen molar-refractivity contribution < 1.29 is 19.4 Å². The molecule has 136 valence electrons. The Morgan fingerprint density at radius 1 is 1.20 bits per heavy atom. The van der Waals surface area contributed by atoms with E-state index in [0.29, 0.717) is 24.9 Å². The maximum Gasteiger partial charge on any atom is 0.308 e. The van der Waals surface area contributed by atoms with E-state index in [0.717, 1.165) is 24.2 Å². The minimum atomic E-state index is -0.873. The van der Waals surface area contributed by atoms with E-state index in [4.69, 9.17) is 4.74 Å². The fourth-order valence-electron chi connectivity index (χ4n) is 4.14. The van der Waals surface area contributed by atoms with Crippen molar-refractivity contribution in [3.63, 3.8) is 0 Å². The third-order valence-corrected chi connectivity index (χ3v) is 5.55. The van der Waals surface area contributed by atoms with Crippen molar-refractivity contribution in [1.82, 2.24) is 5.32 Å². The number of rotatable bonds is 8. The molecule has 25 heavy (non-hydrogen) atoms. The van der Waals surface area contributed by atoms with Gasteiger partial charge in [0, 0.05) is 12.5 Å². The van der Waals surface area contributed by atoms with Crippen LogP contribution >= 0.6 is 0 Å². The lowest BCUT2D eigenvalue weighted by molar-refractivity contribution is -0.141. The summed E-state index contributed by atoms with van der Waals surface area (Å²) in [7, 11) is 0. The van der Waals surface area contributed by atoms with Gasteiger partial charge in [-0.1, -0.05) is 25.0 Å². The summed E-state index contributed by atoms with van der Waals surface area (Å²) in [4.78, 5) is 23.9. The summed E-state index contributed by atoms with van der Waals surface area (Å²) in [5.74, 6) is 0.566. The molecule has 2 aliphatic carbocycles. The van der Waals surface area contributed by atoms with Crippen molar-refractivity contribution in [3.8, 4) is 5.75 Å². The van der Waals surface area contributed by atoms with Crippen LogP contribution in [0.15, 0.2) is 24.3 Å². The molecule has 2 N–H and O–H groups in total. The number of nitrogens with one attached hydrogen (secondary N) is 1. The predicted octanol–water partition coefficient (Wildman–Crippen LogP) is 2.88. The molecule has 0 radical (unpaired) electrons. The van der Waals surface area contributed by atoms with Crippen molar-refractivity contribution in [2.24, 2.45) is 23.7 Å². The molecule has 5 heteroatoms. The lowest BCUT2D eigenvalue weighted by Gasteiger charge is -2.14. The van der Waals surface area contributed by atoms with Gasteiger partial charge in [0.05, 0.1) is 12.5 Å². The molecule has 1 aromatic rings. The third-order valence-electron chi connectivity index (χ3n) is 5.55. The highest BCUT2D eigenvalue weighted by Gasteiger charge is 2.54. The zero-order chi connectivity index (χ0) is 17.8. The highest BCUT2D eigenvalue weighted by molar-refractivity contribution is 5.83. The SMILES string of the molecule is CCOc1ccc(CC(CNC(=O)C2C3CCCCC32)C(=O)O)cc1. The highest BCUT2D eigenvalue weighted by atomic mass is 16.5. The van der Waals surface area contributed by atoms with Crippen molar-refractivity contribution in [2.45, 2.75) is 39.0 Å². The smallest absolute Gasteiger partial charge is 0.308 e. The Morgan fingerprint density at radius 3 is 2.40 bits per heavy atom. The summed E-state index contributed by atoms with van der Waals surface area (Å²) in [6.45, 7) is 2.72. The van der Waals surface area contributed by atoms with Gasteiger partial charge in [0.25, 0.3) is 0 Å². The molecule has 2 saturated carbocycles. The van der Waals surface area contributed by atoms with Crippen molar-refractivity contribution in [3.05, 3.63) is 29.8 Å². The second-order valence-corrected chi connectivity index (χ2v) is 7.20. The van der Waals surface area contributed by atoms with Crippen LogP contribution in [0.2, 0.25) is 0 Å². The maximum atomic E-state index is 12.3. The van der Waals surface area contributed by atoms with Crippen molar-refractivity contribution in [1.29, 1.82) is 0 Å². The molecule has 2 fully saturated rings. The summed E-state index contributed by atoms with van der Waals surface area (Å²) in [5, 5.41) is 12.4. The molecule has 0 saturated heterocycles. The molecular formula is C20H27NO4. The van der Waals surface area contributed by atoms with Gasteiger partial charge < -0.3 is 15.2 Å². The molecule has 1 aromatic carbocycles. The van der Waals surface area contributed by atoms with E-state index >= 15 is 0 Å². The lowest BCUT2D eigenvalue weighted by atomic mass is 9.99. The van der Waals surface area contributed by atoms with Crippen LogP contribution < -0.4 is 10.1 Å². The van der Waals surface area contributed by atoms with Crippen LogP contribution in [0, 0.1) is 23.7 Å². The lowest BCUT2D eigenvalue weighted by Crippen LogP contribution is -2.35. The van der Waals surface area contributed by atoms with Crippen LogP contribution in [0.4, 0.5) is 0 Å². The minimum Gasteiger partial charge on any atom is -0.494 e. The molecule has 5 nitrogen and oxygen atoms in total. The topological polar surface area (TPSA) is 75.6 Å². The number of aliphatic carboxylic acids is 1. The average molecular weight is 345 g/mol. The second kappa shape index (κ2) is 7.89. The number of carboxylic acid groups (broad SMARTS) is 1. The van der Waals surface area contributed by atoms with Gasteiger partial charge in [0.1, 0.15) is 5.75 Å².